The second-order valence-electron chi connectivity index (χ2n) is 16.4. The molecule has 0 aromatic heterocycles. The van der Waals surface area contributed by atoms with Crippen LogP contribution in [0.3, 0.4) is 0 Å². The van der Waals surface area contributed by atoms with Crippen LogP contribution in [0.4, 0.5) is 0 Å². The lowest BCUT2D eigenvalue weighted by Crippen LogP contribution is -2.16. The van der Waals surface area contributed by atoms with Crippen molar-refractivity contribution < 1.29 is 34.0 Å². The zero-order valence-electron chi connectivity index (χ0n) is 35.9. The van der Waals surface area contributed by atoms with Gasteiger partial charge in [-0.25, -0.2) is 4.79 Å². The van der Waals surface area contributed by atoms with E-state index >= 15 is 0 Å². The molecule has 0 spiro atoms. The summed E-state index contributed by atoms with van der Waals surface area (Å²) in [4.78, 5) is 24.2. The van der Waals surface area contributed by atoms with Crippen LogP contribution < -0.4 is 4.74 Å². The average Bonchev–Trinajstić information content (AvgIpc) is 3.24. The third-order valence-corrected chi connectivity index (χ3v) is 11.7. The van der Waals surface area contributed by atoms with Crippen LogP contribution >= 0.6 is 0 Å². The summed E-state index contributed by atoms with van der Waals surface area (Å²) in [7, 11) is 0. The molecule has 1 saturated carbocycles. The molecule has 58 heavy (non-hydrogen) atoms. The number of aliphatic hydroxyl groups is 2. The van der Waals surface area contributed by atoms with Gasteiger partial charge in [0.05, 0.1) is 13.2 Å². The van der Waals surface area contributed by atoms with Crippen molar-refractivity contribution in [3.8, 4) is 28.0 Å². The van der Waals surface area contributed by atoms with Crippen LogP contribution in [0.25, 0.3) is 22.3 Å². The maximum Gasteiger partial charge on any atom is 0.333 e. The molecule has 1 aliphatic rings. The van der Waals surface area contributed by atoms with E-state index in [9.17, 15) is 19.8 Å². The zero-order valence-corrected chi connectivity index (χ0v) is 35.9. The van der Waals surface area contributed by atoms with E-state index in [4.69, 9.17) is 14.2 Å². The van der Waals surface area contributed by atoms with Crippen molar-refractivity contribution in [1.82, 2.24) is 0 Å². The first kappa shape index (κ1) is 46.6. The zero-order chi connectivity index (χ0) is 41.9. The number of hydrogen-bond acceptors (Lipinski definition) is 7. The molecule has 1 aliphatic carbocycles. The van der Waals surface area contributed by atoms with Crippen LogP contribution in [0.15, 0.2) is 78.9 Å². The van der Waals surface area contributed by atoms with E-state index in [2.05, 4.69) is 81.6 Å². The maximum atomic E-state index is 12.1. The fourth-order valence-electron chi connectivity index (χ4n) is 8.00. The highest BCUT2D eigenvalue weighted by molar-refractivity contribution is 5.95. The van der Waals surface area contributed by atoms with Gasteiger partial charge in [-0.2, -0.15) is 0 Å². The van der Waals surface area contributed by atoms with E-state index in [1.165, 1.54) is 73.6 Å². The lowest BCUT2D eigenvalue weighted by atomic mass is 9.77. The molecule has 3 aromatic rings. The summed E-state index contributed by atoms with van der Waals surface area (Å²) in [5.41, 5.74) is 10.2. The summed E-state index contributed by atoms with van der Waals surface area (Å²) in [6.07, 6.45) is 14.6. The van der Waals surface area contributed by atoms with E-state index in [0.29, 0.717) is 62.4 Å². The Labute approximate surface area is 348 Å². The highest BCUT2D eigenvalue weighted by atomic mass is 16.5. The Balaban J connectivity index is 1.61. The van der Waals surface area contributed by atoms with Crippen LogP contribution in [-0.4, -0.2) is 61.6 Å². The average molecular weight is 795 g/mol. The van der Waals surface area contributed by atoms with E-state index in [-0.39, 0.29) is 38.1 Å². The highest BCUT2D eigenvalue weighted by Gasteiger charge is 2.22. The van der Waals surface area contributed by atoms with Crippen molar-refractivity contribution >= 4 is 11.8 Å². The highest BCUT2D eigenvalue weighted by Crippen LogP contribution is 2.40. The lowest BCUT2D eigenvalue weighted by molar-refractivity contribution is -0.139. The summed E-state index contributed by atoms with van der Waals surface area (Å²) >= 11 is 0. The summed E-state index contributed by atoms with van der Waals surface area (Å²) in [6, 6.07) is 20.5. The van der Waals surface area contributed by atoms with Crippen molar-refractivity contribution in [2.24, 2.45) is 11.8 Å². The Morgan fingerprint density at radius 3 is 1.98 bits per heavy atom. The first-order valence-electron chi connectivity index (χ1n) is 21.9. The van der Waals surface area contributed by atoms with E-state index in [0.717, 1.165) is 40.3 Å². The van der Waals surface area contributed by atoms with Gasteiger partial charge in [-0.15, -0.1) is 0 Å². The van der Waals surface area contributed by atoms with Gasteiger partial charge in [0.2, 0.25) is 0 Å². The molecule has 0 atom stereocenters. The summed E-state index contributed by atoms with van der Waals surface area (Å²) in [6.45, 7) is 16.0. The number of hydrogen-bond donors (Lipinski definition) is 2. The van der Waals surface area contributed by atoms with Crippen LogP contribution in [0.1, 0.15) is 126 Å². The molecule has 7 heteroatoms. The molecule has 0 unspecified atom stereocenters. The molecule has 0 aliphatic heterocycles. The molecule has 0 amide bonds. The predicted molar refractivity (Wildman–Crippen MR) is 236 cm³/mol. The Kier molecular flexibility index (Phi) is 19.9. The second kappa shape index (κ2) is 24.8. The minimum atomic E-state index is -0.405. The van der Waals surface area contributed by atoms with Gasteiger partial charge in [0.15, 0.2) is 5.78 Å². The molecular weight excluding hydrogens is 725 g/mol. The van der Waals surface area contributed by atoms with Gasteiger partial charge in [-0.3, -0.25) is 4.79 Å². The van der Waals surface area contributed by atoms with Gasteiger partial charge in [0.25, 0.3) is 0 Å². The fourth-order valence-corrected chi connectivity index (χ4v) is 8.00. The minimum Gasteiger partial charge on any atom is -0.493 e. The Bertz CT molecular complexity index is 1760. The van der Waals surface area contributed by atoms with E-state index in [1.54, 1.807) is 13.8 Å². The van der Waals surface area contributed by atoms with Crippen LogP contribution in [0.5, 0.6) is 5.75 Å². The number of carbonyl (C=O) groups excluding carboxylic acids is 2. The molecule has 0 saturated heterocycles. The fraction of sp³-hybridized carbons (Fsp3) is 0.529. The van der Waals surface area contributed by atoms with Crippen molar-refractivity contribution in [3.63, 3.8) is 0 Å². The molecule has 0 heterocycles. The first-order chi connectivity index (χ1) is 28.1. The van der Waals surface area contributed by atoms with E-state index < -0.39 is 5.97 Å². The largest absolute Gasteiger partial charge is 0.493 e. The molecule has 7 nitrogen and oxygen atoms in total. The normalized spacial score (nSPS) is 15.4. The Hall–Kier alpha value is -4.04. The third-order valence-electron chi connectivity index (χ3n) is 11.7. The number of benzene rings is 3. The summed E-state index contributed by atoms with van der Waals surface area (Å²) < 4.78 is 17.7. The molecule has 4 rings (SSSR count). The van der Waals surface area contributed by atoms with Crippen molar-refractivity contribution in [3.05, 3.63) is 101 Å². The van der Waals surface area contributed by atoms with Crippen molar-refractivity contribution in [1.29, 1.82) is 0 Å². The number of ether oxygens (including phenoxy) is 3. The van der Waals surface area contributed by atoms with Gasteiger partial charge < -0.3 is 24.4 Å². The predicted octanol–water partition coefficient (Wildman–Crippen LogP) is 11.0. The summed E-state index contributed by atoms with van der Waals surface area (Å²) in [5, 5.41) is 19.4. The quantitative estimate of drug-likeness (QED) is 0.0474. The molecule has 3 aromatic carbocycles. The molecule has 2 N–H and O–H groups in total. The Morgan fingerprint density at radius 2 is 1.38 bits per heavy atom. The molecule has 316 valence electrons. The monoisotopic (exact) mass is 795 g/mol. The van der Waals surface area contributed by atoms with Gasteiger partial charge in [-0.05, 0) is 152 Å². The number of aryl methyl sites for hydroxylation is 3. The number of Topliss-reactive ketones (excluding diaryl/α,β-unsaturated/α-hetero) is 1. The van der Waals surface area contributed by atoms with Gasteiger partial charge in [0.1, 0.15) is 12.4 Å². The number of esters is 1. The minimum absolute atomic E-state index is 0.00568. The third kappa shape index (κ3) is 14.4. The number of carbonyl (C=O) groups is 2. The van der Waals surface area contributed by atoms with Crippen LogP contribution in [-0.2, 0) is 38.3 Å². The topological polar surface area (TPSA) is 102 Å². The van der Waals surface area contributed by atoms with E-state index in [1.807, 2.05) is 0 Å². The second-order valence-corrected chi connectivity index (χ2v) is 16.4. The standard InChI is InChI=1S/C51H70O7/c1-7-9-10-13-38-16-18-41(19-17-38)42-20-22-43(23-21-42)44-24-25-48(40(8-2)30-44)47-31-45(14-11-27-56-35-49(54)36(3)4)50(57-29-26-39(33-52)34-53)46(32-47)15-12-28-58-51(55)37(5)6/h20-25,30-32,38-39,41,52-53H,3,5,7-19,26-29,33-35H2,1-2,4,6H3. The maximum absolute atomic E-state index is 12.1. The molecule has 0 radical (unpaired) electrons. The molecular formula is C51H70O7. The van der Waals surface area contributed by atoms with Crippen LogP contribution in [0.2, 0.25) is 0 Å². The first-order valence-corrected chi connectivity index (χ1v) is 21.9. The van der Waals surface area contributed by atoms with Crippen molar-refractivity contribution in [2.75, 3.05) is 39.6 Å². The van der Waals surface area contributed by atoms with Crippen molar-refractivity contribution in [2.45, 2.75) is 124 Å². The SMILES string of the molecule is C=C(C)C(=O)COCCCc1cc(-c2ccc(-c3ccc(C4CCC(CCCCC)CC4)cc3)cc2CC)cc(CCCOC(=O)C(=C)C)c1OCCC(CO)CO. The number of aliphatic hydroxyl groups excluding tert-OH is 2. The lowest BCUT2D eigenvalue weighted by Gasteiger charge is -2.29. The number of unbranched alkanes of at least 4 members (excludes halogenated alkanes) is 2. The van der Waals surface area contributed by atoms with Gasteiger partial charge >= 0.3 is 5.97 Å². The number of ketones is 1. The number of rotatable bonds is 26. The smallest absolute Gasteiger partial charge is 0.333 e. The Morgan fingerprint density at radius 1 is 0.741 bits per heavy atom. The molecule has 1 fully saturated rings. The van der Waals surface area contributed by atoms with Gasteiger partial charge in [0, 0.05) is 31.3 Å². The summed E-state index contributed by atoms with van der Waals surface area (Å²) in [5.74, 6) is 1.55. The van der Waals surface area contributed by atoms with Gasteiger partial charge in [-0.1, -0.05) is 95.2 Å². The van der Waals surface area contributed by atoms with Crippen LogP contribution in [0, 0.1) is 11.8 Å². The molecule has 0 bridgehead atoms.